The molecule has 1 fully saturated rings. The highest BCUT2D eigenvalue weighted by molar-refractivity contribution is 5.91. The SMILES string of the molecule is O=C(/C=C/c1ccco1)N1CCC(Oc2ccccn2)C1. The maximum Gasteiger partial charge on any atom is 0.246 e. The van der Waals surface area contributed by atoms with Gasteiger partial charge < -0.3 is 14.1 Å². The fraction of sp³-hybridized carbons (Fsp3) is 0.250. The molecule has 3 rings (SSSR count). The van der Waals surface area contributed by atoms with E-state index in [9.17, 15) is 4.79 Å². The number of amides is 1. The molecular weight excluding hydrogens is 268 g/mol. The Morgan fingerprint density at radius 1 is 1.38 bits per heavy atom. The van der Waals surface area contributed by atoms with Crippen LogP contribution in [0, 0.1) is 0 Å². The van der Waals surface area contributed by atoms with Gasteiger partial charge in [-0.25, -0.2) is 4.98 Å². The van der Waals surface area contributed by atoms with E-state index in [0.29, 0.717) is 24.7 Å². The molecule has 1 saturated heterocycles. The minimum Gasteiger partial charge on any atom is -0.472 e. The number of ether oxygens (including phenoxy) is 1. The van der Waals surface area contributed by atoms with Gasteiger partial charge in [0, 0.05) is 31.3 Å². The van der Waals surface area contributed by atoms with E-state index in [1.165, 1.54) is 6.08 Å². The number of hydrogen-bond acceptors (Lipinski definition) is 4. The molecule has 3 heterocycles. The maximum absolute atomic E-state index is 12.1. The van der Waals surface area contributed by atoms with Gasteiger partial charge in [0.1, 0.15) is 11.9 Å². The van der Waals surface area contributed by atoms with Gasteiger partial charge in [-0.15, -0.1) is 0 Å². The van der Waals surface area contributed by atoms with Crippen LogP contribution in [0.25, 0.3) is 6.08 Å². The minimum absolute atomic E-state index is 0.000799. The van der Waals surface area contributed by atoms with Crippen molar-refractivity contribution in [2.45, 2.75) is 12.5 Å². The first-order chi connectivity index (χ1) is 10.3. The molecule has 5 heteroatoms. The van der Waals surface area contributed by atoms with Gasteiger partial charge in [-0.2, -0.15) is 0 Å². The highest BCUT2D eigenvalue weighted by atomic mass is 16.5. The zero-order valence-electron chi connectivity index (χ0n) is 11.5. The monoisotopic (exact) mass is 284 g/mol. The van der Waals surface area contributed by atoms with E-state index in [4.69, 9.17) is 9.15 Å². The summed E-state index contributed by atoms with van der Waals surface area (Å²) < 4.78 is 10.9. The average molecular weight is 284 g/mol. The van der Waals surface area contributed by atoms with Crippen molar-refractivity contribution in [1.29, 1.82) is 0 Å². The van der Waals surface area contributed by atoms with Crippen molar-refractivity contribution in [3.8, 4) is 5.88 Å². The Morgan fingerprint density at radius 2 is 2.33 bits per heavy atom. The van der Waals surface area contributed by atoms with Gasteiger partial charge in [0.25, 0.3) is 0 Å². The fourth-order valence-corrected chi connectivity index (χ4v) is 2.26. The van der Waals surface area contributed by atoms with E-state index in [1.54, 1.807) is 35.6 Å². The molecule has 2 aromatic heterocycles. The van der Waals surface area contributed by atoms with Crippen LogP contribution in [0.5, 0.6) is 5.88 Å². The summed E-state index contributed by atoms with van der Waals surface area (Å²) in [5, 5.41) is 0. The summed E-state index contributed by atoms with van der Waals surface area (Å²) in [4.78, 5) is 18.0. The lowest BCUT2D eigenvalue weighted by molar-refractivity contribution is -0.125. The molecule has 0 spiro atoms. The van der Waals surface area contributed by atoms with E-state index >= 15 is 0 Å². The summed E-state index contributed by atoms with van der Waals surface area (Å²) in [6.45, 7) is 1.27. The predicted octanol–water partition coefficient (Wildman–Crippen LogP) is 2.37. The van der Waals surface area contributed by atoms with Crippen LogP contribution in [0.15, 0.2) is 53.3 Å². The number of furan rings is 1. The van der Waals surface area contributed by atoms with Crippen molar-refractivity contribution in [3.05, 3.63) is 54.6 Å². The van der Waals surface area contributed by atoms with Gasteiger partial charge in [-0.3, -0.25) is 4.79 Å². The first kappa shape index (κ1) is 13.4. The van der Waals surface area contributed by atoms with Crippen LogP contribution in [0.3, 0.4) is 0 Å². The molecule has 0 radical (unpaired) electrons. The number of nitrogens with zero attached hydrogens (tertiary/aromatic N) is 2. The topological polar surface area (TPSA) is 55.6 Å². The molecule has 2 aromatic rings. The van der Waals surface area contributed by atoms with Crippen molar-refractivity contribution in [3.63, 3.8) is 0 Å². The van der Waals surface area contributed by atoms with E-state index < -0.39 is 0 Å². The Bertz CT molecular complexity index is 608. The zero-order valence-corrected chi connectivity index (χ0v) is 11.5. The Kier molecular flexibility index (Phi) is 4.00. The molecule has 1 amide bonds. The number of rotatable bonds is 4. The largest absolute Gasteiger partial charge is 0.472 e. The van der Waals surface area contributed by atoms with Crippen LogP contribution >= 0.6 is 0 Å². The maximum atomic E-state index is 12.1. The summed E-state index contributed by atoms with van der Waals surface area (Å²) in [6.07, 6.45) is 7.30. The number of pyridine rings is 1. The van der Waals surface area contributed by atoms with E-state index in [-0.39, 0.29) is 12.0 Å². The van der Waals surface area contributed by atoms with Crippen LogP contribution in [-0.4, -0.2) is 35.0 Å². The first-order valence-electron chi connectivity index (χ1n) is 6.89. The summed E-state index contributed by atoms with van der Waals surface area (Å²) in [5.41, 5.74) is 0. The molecule has 0 N–H and O–H groups in total. The standard InChI is InChI=1S/C16H16N2O3/c19-16(7-6-13-4-3-11-20-13)18-10-8-14(12-18)21-15-5-1-2-9-17-15/h1-7,9,11,14H,8,10,12H2/b7-6+. The van der Waals surface area contributed by atoms with E-state index in [2.05, 4.69) is 4.98 Å². The molecule has 1 unspecified atom stereocenters. The Morgan fingerprint density at radius 3 is 3.10 bits per heavy atom. The molecule has 5 nitrogen and oxygen atoms in total. The number of carbonyl (C=O) groups is 1. The van der Waals surface area contributed by atoms with Crippen molar-refractivity contribution in [2.75, 3.05) is 13.1 Å². The van der Waals surface area contributed by atoms with Crippen LogP contribution in [0.4, 0.5) is 0 Å². The Labute approximate surface area is 122 Å². The third kappa shape index (κ3) is 3.51. The Balaban J connectivity index is 1.53. The quantitative estimate of drug-likeness (QED) is 0.809. The average Bonchev–Trinajstić information content (AvgIpc) is 3.17. The van der Waals surface area contributed by atoms with Crippen molar-refractivity contribution in [2.24, 2.45) is 0 Å². The van der Waals surface area contributed by atoms with Gasteiger partial charge in [0.2, 0.25) is 11.8 Å². The second kappa shape index (κ2) is 6.26. The summed E-state index contributed by atoms with van der Waals surface area (Å²) in [5.74, 6) is 1.24. The number of aromatic nitrogens is 1. The third-order valence-corrected chi connectivity index (χ3v) is 3.32. The number of carbonyl (C=O) groups excluding carboxylic acids is 1. The highest BCUT2D eigenvalue weighted by Crippen LogP contribution is 2.16. The number of likely N-dealkylation sites (tertiary alicyclic amines) is 1. The summed E-state index contributed by atoms with van der Waals surface area (Å²) in [7, 11) is 0. The molecule has 1 atom stereocenters. The molecular formula is C16H16N2O3. The molecule has 0 aliphatic carbocycles. The second-order valence-corrected chi connectivity index (χ2v) is 4.83. The third-order valence-electron chi connectivity index (χ3n) is 3.32. The fourth-order valence-electron chi connectivity index (χ4n) is 2.26. The van der Waals surface area contributed by atoms with Crippen LogP contribution in [0.1, 0.15) is 12.2 Å². The van der Waals surface area contributed by atoms with Gasteiger partial charge in [-0.05, 0) is 24.3 Å². The van der Waals surface area contributed by atoms with E-state index in [1.807, 2.05) is 18.2 Å². The lowest BCUT2D eigenvalue weighted by Gasteiger charge is -2.15. The lowest BCUT2D eigenvalue weighted by atomic mass is 10.3. The van der Waals surface area contributed by atoms with Gasteiger partial charge in [0.15, 0.2) is 0 Å². The zero-order chi connectivity index (χ0) is 14.5. The van der Waals surface area contributed by atoms with Gasteiger partial charge in [-0.1, -0.05) is 6.07 Å². The van der Waals surface area contributed by atoms with Gasteiger partial charge >= 0.3 is 0 Å². The molecule has 1 aliphatic heterocycles. The number of hydrogen-bond donors (Lipinski definition) is 0. The van der Waals surface area contributed by atoms with Crippen LogP contribution in [0.2, 0.25) is 0 Å². The van der Waals surface area contributed by atoms with Crippen molar-refractivity contribution >= 4 is 12.0 Å². The predicted molar refractivity (Wildman–Crippen MR) is 77.6 cm³/mol. The molecule has 21 heavy (non-hydrogen) atoms. The van der Waals surface area contributed by atoms with Crippen molar-refractivity contribution in [1.82, 2.24) is 9.88 Å². The normalized spacial score (nSPS) is 18.3. The first-order valence-corrected chi connectivity index (χ1v) is 6.89. The van der Waals surface area contributed by atoms with Crippen molar-refractivity contribution < 1.29 is 13.9 Å². The van der Waals surface area contributed by atoms with Gasteiger partial charge in [0.05, 0.1) is 12.8 Å². The summed E-state index contributed by atoms with van der Waals surface area (Å²) in [6, 6.07) is 9.14. The summed E-state index contributed by atoms with van der Waals surface area (Å²) >= 11 is 0. The molecule has 0 aromatic carbocycles. The minimum atomic E-state index is -0.0291. The van der Waals surface area contributed by atoms with E-state index in [0.717, 1.165) is 6.42 Å². The molecule has 0 saturated carbocycles. The van der Waals surface area contributed by atoms with Crippen LogP contribution < -0.4 is 4.74 Å². The molecule has 1 aliphatic rings. The highest BCUT2D eigenvalue weighted by Gasteiger charge is 2.26. The molecule has 108 valence electrons. The smallest absolute Gasteiger partial charge is 0.246 e. The lowest BCUT2D eigenvalue weighted by Crippen LogP contribution is -2.29. The molecule has 0 bridgehead atoms. The van der Waals surface area contributed by atoms with Crippen LogP contribution in [-0.2, 0) is 4.79 Å². The Hall–Kier alpha value is -2.56. The second-order valence-electron chi connectivity index (χ2n) is 4.83.